The first kappa shape index (κ1) is 27.9. The van der Waals surface area contributed by atoms with Gasteiger partial charge in [-0.3, -0.25) is 13.6 Å². The number of ether oxygens (including phenoxy) is 2. The van der Waals surface area contributed by atoms with Gasteiger partial charge in [0.1, 0.15) is 43.0 Å². The molecule has 0 saturated carbocycles. The molecule has 0 aromatic carbocycles. The third kappa shape index (κ3) is 5.79. The van der Waals surface area contributed by atoms with Gasteiger partial charge in [0, 0.05) is 0 Å². The predicted octanol–water partition coefficient (Wildman–Crippen LogP) is -1.84. The lowest BCUT2D eigenvalue weighted by molar-refractivity contribution is -0.0516. The Hall–Kier alpha value is -1.15. The topological polar surface area (TPSA) is 271 Å². The zero-order chi connectivity index (χ0) is 26.4. The van der Waals surface area contributed by atoms with E-state index in [4.69, 9.17) is 15.2 Å². The number of hydrogen-bond donors (Lipinski definition) is 7. The largest absolute Gasteiger partial charge is 0.481 e. The van der Waals surface area contributed by atoms with Gasteiger partial charge in [0.25, 0.3) is 0 Å². The summed E-state index contributed by atoms with van der Waals surface area (Å²) in [7, 11) is -10.5. The van der Waals surface area contributed by atoms with Crippen molar-refractivity contribution in [3.63, 3.8) is 0 Å². The molecular weight excluding hydrogens is 600 g/mol. The molecule has 21 heteroatoms. The number of nitrogen functional groups attached to an aromatic ring is 1. The Kier molecular flexibility index (Phi) is 8.17. The molecule has 8 N–H and O–H groups in total. The van der Waals surface area contributed by atoms with Crippen LogP contribution in [0.5, 0.6) is 0 Å². The fourth-order valence-corrected chi connectivity index (χ4v) is 6.17. The average molecular weight is 622 g/mol. The summed E-state index contributed by atoms with van der Waals surface area (Å²) in [5.41, 5.74) is 6.11. The lowest BCUT2D eigenvalue weighted by Gasteiger charge is -2.20. The minimum atomic E-state index is -5.27. The van der Waals surface area contributed by atoms with Crippen LogP contribution in [0.1, 0.15) is 6.23 Å². The Morgan fingerprint density at radius 1 is 1.06 bits per heavy atom. The quantitative estimate of drug-likeness (QED) is 0.120. The molecule has 2 fully saturated rings. The van der Waals surface area contributed by atoms with Crippen LogP contribution in [0.25, 0.3) is 11.2 Å². The van der Waals surface area contributed by atoms with Crippen molar-refractivity contribution in [2.45, 2.75) is 42.9 Å². The zero-order valence-electron chi connectivity index (χ0n) is 17.9. The van der Waals surface area contributed by atoms with E-state index in [-0.39, 0.29) is 28.3 Å². The Bertz CT molecular complexity index is 1200. The van der Waals surface area contributed by atoms with E-state index in [1.165, 1.54) is 4.57 Å². The number of nitrogens with zero attached hydrogens (tertiary/aromatic N) is 4. The molecule has 9 atom stereocenters. The van der Waals surface area contributed by atoms with Gasteiger partial charge >= 0.3 is 15.6 Å². The van der Waals surface area contributed by atoms with Crippen molar-refractivity contribution in [1.29, 1.82) is 0 Å². The molecule has 202 valence electrons. The number of rotatable bonds is 9. The highest BCUT2D eigenvalue weighted by atomic mass is 79.9. The Morgan fingerprint density at radius 2 is 1.69 bits per heavy atom. The number of aliphatic hydroxyl groups is 4. The second-order valence-corrected chi connectivity index (χ2v) is 11.5. The summed E-state index contributed by atoms with van der Waals surface area (Å²) in [6, 6.07) is 0. The maximum atomic E-state index is 12.2. The molecule has 2 saturated heterocycles. The second kappa shape index (κ2) is 10.5. The summed E-state index contributed by atoms with van der Waals surface area (Å²) in [5.74, 6) is 0.0477. The van der Waals surface area contributed by atoms with Gasteiger partial charge in [0.15, 0.2) is 27.9 Å². The van der Waals surface area contributed by atoms with E-state index >= 15 is 0 Å². The smallest absolute Gasteiger partial charge is 0.388 e. The molecule has 2 aliphatic heterocycles. The molecule has 2 aromatic rings. The molecule has 4 rings (SSSR count). The molecule has 2 aromatic heterocycles. The van der Waals surface area contributed by atoms with Crippen LogP contribution in [-0.2, 0) is 32.0 Å². The monoisotopic (exact) mass is 621 g/mol. The second-order valence-electron chi connectivity index (χ2n) is 7.77. The highest BCUT2D eigenvalue weighted by molar-refractivity contribution is 9.10. The molecule has 18 nitrogen and oxygen atoms in total. The van der Waals surface area contributed by atoms with Crippen molar-refractivity contribution < 1.29 is 62.2 Å². The first-order chi connectivity index (χ1) is 16.8. The maximum Gasteiger partial charge on any atom is 0.481 e. The Labute approximate surface area is 209 Å². The predicted molar refractivity (Wildman–Crippen MR) is 118 cm³/mol. The third-order valence-corrected chi connectivity index (χ3v) is 8.48. The zero-order valence-corrected chi connectivity index (χ0v) is 21.3. The van der Waals surface area contributed by atoms with Crippen LogP contribution in [0.15, 0.2) is 11.1 Å². The lowest BCUT2D eigenvalue weighted by atomic mass is 10.1. The summed E-state index contributed by atoms with van der Waals surface area (Å²) < 4.78 is 49.5. The number of hydrogen-bond acceptors (Lipinski definition) is 15. The van der Waals surface area contributed by atoms with E-state index in [1.807, 2.05) is 0 Å². The van der Waals surface area contributed by atoms with Crippen LogP contribution in [0.3, 0.4) is 0 Å². The van der Waals surface area contributed by atoms with E-state index in [0.717, 1.165) is 6.33 Å². The van der Waals surface area contributed by atoms with Crippen LogP contribution >= 0.6 is 31.6 Å². The van der Waals surface area contributed by atoms with E-state index in [2.05, 4.69) is 44.2 Å². The van der Waals surface area contributed by atoms with Gasteiger partial charge < -0.3 is 45.4 Å². The summed E-state index contributed by atoms with van der Waals surface area (Å²) in [6.45, 7) is -1.84. The van der Waals surface area contributed by atoms with Crippen LogP contribution < -0.4 is 5.73 Å². The van der Waals surface area contributed by atoms with E-state index in [0.29, 0.717) is 0 Å². The van der Waals surface area contributed by atoms with Gasteiger partial charge in [0.2, 0.25) is 0 Å². The van der Waals surface area contributed by atoms with Gasteiger partial charge in [0.05, 0.1) is 19.8 Å². The summed E-state index contributed by atoms with van der Waals surface area (Å²) in [5, 5.41) is 39.9. The highest BCUT2D eigenvalue weighted by Gasteiger charge is 2.47. The lowest BCUT2D eigenvalue weighted by Crippen LogP contribution is -2.33. The Morgan fingerprint density at radius 3 is 2.31 bits per heavy atom. The summed E-state index contributed by atoms with van der Waals surface area (Å²) in [6.07, 6.45) is -8.57. The number of imidazole rings is 1. The minimum Gasteiger partial charge on any atom is -0.388 e. The van der Waals surface area contributed by atoms with Gasteiger partial charge in [-0.25, -0.2) is 24.1 Å². The first-order valence-electron chi connectivity index (χ1n) is 10.1. The molecular formula is C15H22BrN5O13P2. The molecule has 2 aliphatic rings. The average Bonchev–Trinajstić information content (AvgIpc) is 3.39. The maximum absolute atomic E-state index is 12.2. The van der Waals surface area contributed by atoms with Crippen LogP contribution in [0, 0.1) is 0 Å². The fraction of sp³-hybridized carbons (Fsp3) is 0.667. The van der Waals surface area contributed by atoms with Gasteiger partial charge in [-0.2, -0.15) is 4.31 Å². The molecule has 36 heavy (non-hydrogen) atoms. The van der Waals surface area contributed by atoms with Crippen molar-refractivity contribution in [1.82, 2.24) is 19.5 Å². The van der Waals surface area contributed by atoms with Crippen molar-refractivity contribution in [2.24, 2.45) is 0 Å². The van der Waals surface area contributed by atoms with Crippen molar-refractivity contribution >= 4 is 48.6 Å². The van der Waals surface area contributed by atoms with Crippen molar-refractivity contribution in [2.75, 3.05) is 25.6 Å². The number of aliphatic hydroxyl groups excluding tert-OH is 4. The summed E-state index contributed by atoms with van der Waals surface area (Å²) >= 11 is 3.18. The molecule has 0 radical (unpaired) electrons. The molecule has 0 bridgehead atoms. The van der Waals surface area contributed by atoms with Gasteiger partial charge in [-0.05, 0) is 15.9 Å². The number of anilines is 1. The molecule has 0 spiro atoms. The number of phosphoric ester groups is 2. The van der Waals surface area contributed by atoms with Crippen molar-refractivity contribution in [3.8, 4) is 0 Å². The third-order valence-electron chi connectivity index (χ3n) is 5.32. The van der Waals surface area contributed by atoms with Gasteiger partial charge in [-0.1, -0.05) is 0 Å². The van der Waals surface area contributed by atoms with E-state index < -0.39 is 71.7 Å². The standard InChI is InChI=1S/C15H22BrN5O13P2/c16-15-20-8-12(17)18-4-19-13(8)21(15)14-11(25)10(24)7(33-14)3-32-36(28,29)34-35(26,27)31-2-6-9(23)5(22)1-30-6/h4-7,9-11,14,22-25H,1-3H2,(H,26,27)(H,28,29)(H2,17,18,19)/t5-,6+,7+,9-,10+,11+,14+/m0/s1. The number of nitrogens with two attached hydrogens (primary N) is 1. The van der Waals surface area contributed by atoms with Gasteiger partial charge in [-0.15, -0.1) is 0 Å². The van der Waals surface area contributed by atoms with E-state index in [9.17, 15) is 39.3 Å². The highest BCUT2D eigenvalue weighted by Crippen LogP contribution is 2.60. The number of fused-ring (bicyclic) bond motifs is 1. The molecule has 2 unspecified atom stereocenters. The van der Waals surface area contributed by atoms with Crippen molar-refractivity contribution in [3.05, 3.63) is 11.1 Å². The van der Waals surface area contributed by atoms with E-state index in [1.54, 1.807) is 0 Å². The molecule has 0 aliphatic carbocycles. The fourth-order valence-electron chi connectivity index (χ4n) is 3.53. The SMILES string of the molecule is Nc1ncnc2c1nc(Br)n2[C@@H]1O[C@H](COP(=O)(O)OP(=O)(O)OC[C@H]2OC[C@H](O)[C@@H]2O)[C@@H](O)[C@H]1O. The number of aromatic nitrogens is 4. The Balaban J connectivity index is 1.37. The minimum absolute atomic E-state index is 0.0477. The van der Waals surface area contributed by atoms with Crippen LogP contribution in [0.4, 0.5) is 5.82 Å². The number of phosphoric acid groups is 2. The molecule has 0 amide bonds. The normalized spacial score (nSPS) is 34.1. The number of halogens is 1. The summed E-state index contributed by atoms with van der Waals surface area (Å²) in [4.78, 5) is 31.5. The first-order valence-corrected chi connectivity index (χ1v) is 13.9. The van der Waals surface area contributed by atoms with Crippen LogP contribution in [-0.4, -0.2) is 106 Å². The molecule has 4 heterocycles. The van der Waals surface area contributed by atoms with Crippen LogP contribution in [0.2, 0.25) is 0 Å².